The third-order valence-electron chi connectivity index (χ3n) is 6.00. The number of hydrogen-bond donors (Lipinski definition) is 2. The van der Waals surface area contributed by atoms with Gasteiger partial charge in [-0.1, -0.05) is 0 Å². The van der Waals surface area contributed by atoms with Crippen molar-refractivity contribution in [3.05, 3.63) is 18.2 Å². The summed E-state index contributed by atoms with van der Waals surface area (Å²) in [5, 5.41) is 6.54. The molecular weight excluding hydrogens is 429 g/mol. The molecule has 2 fully saturated rings. The van der Waals surface area contributed by atoms with Gasteiger partial charge in [-0.3, -0.25) is 4.79 Å². The molecule has 2 aliphatic rings. The Labute approximate surface area is 192 Å². The van der Waals surface area contributed by atoms with Crippen LogP contribution >= 0.6 is 24.8 Å². The van der Waals surface area contributed by atoms with Crippen molar-refractivity contribution in [1.82, 2.24) is 10.6 Å². The molecule has 0 spiro atoms. The zero-order chi connectivity index (χ0) is 20.0. The molecule has 1 amide bonds. The summed E-state index contributed by atoms with van der Waals surface area (Å²) in [7, 11) is 5.00. The molecule has 172 valence electrons. The van der Waals surface area contributed by atoms with Gasteiger partial charge >= 0.3 is 0 Å². The van der Waals surface area contributed by atoms with E-state index >= 15 is 0 Å². The number of benzene rings is 1. The summed E-state index contributed by atoms with van der Waals surface area (Å²) < 4.78 is 16.1. The Kier molecular flexibility index (Phi) is 11.0. The van der Waals surface area contributed by atoms with Gasteiger partial charge in [-0.15, -0.1) is 24.8 Å². The van der Waals surface area contributed by atoms with Gasteiger partial charge in [0.15, 0.2) is 0 Å². The Balaban J connectivity index is 0.00000225. The van der Waals surface area contributed by atoms with E-state index in [1.807, 2.05) is 18.2 Å². The zero-order valence-corrected chi connectivity index (χ0v) is 19.7. The molecule has 9 heteroatoms. The molecular formula is C21H35Cl2N3O4. The predicted octanol–water partition coefficient (Wildman–Crippen LogP) is 2.51. The highest BCUT2D eigenvalue weighted by molar-refractivity contribution is 5.85. The molecule has 0 aromatic heterocycles. The molecule has 0 saturated carbocycles. The highest BCUT2D eigenvalue weighted by Gasteiger charge is 2.39. The van der Waals surface area contributed by atoms with Crippen LogP contribution in [0, 0.1) is 11.3 Å². The molecule has 0 aliphatic carbocycles. The number of rotatable bonds is 8. The highest BCUT2D eigenvalue weighted by atomic mass is 35.5. The van der Waals surface area contributed by atoms with Crippen molar-refractivity contribution in [2.24, 2.45) is 11.3 Å². The molecule has 2 saturated heterocycles. The van der Waals surface area contributed by atoms with E-state index in [1.54, 1.807) is 21.3 Å². The number of nitrogens with zero attached hydrogens (tertiary/aromatic N) is 1. The first-order valence-electron chi connectivity index (χ1n) is 10.1. The topological polar surface area (TPSA) is 72.1 Å². The number of carbonyl (C=O) groups excluding carboxylic acids is 1. The maximum absolute atomic E-state index is 12.9. The van der Waals surface area contributed by atoms with Gasteiger partial charge in [0.2, 0.25) is 5.91 Å². The number of methoxy groups -OCH3 is 3. The average molecular weight is 464 g/mol. The Morgan fingerprint density at radius 1 is 1.13 bits per heavy atom. The number of piperidine rings is 1. The smallest absolute Gasteiger partial charge is 0.228 e. The molecule has 1 atom stereocenters. The van der Waals surface area contributed by atoms with Crippen molar-refractivity contribution in [3.63, 3.8) is 0 Å². The summed E-state index contributed by atoms with van der Waals surface area (Å²) in [5.74, 6) is 2.15. The van der Waals surface area contributed by atoms with Crippen LogP contribution in [-0.2, 0) is 9.53 Å². The van der Waals surface area contributed by atoms with Gasteiger partial charge in [-0.05, 0) is 38.3 Å². The van der Waals surface area contributed by atoms with Crippen molar-refractivity contribution >= 4 is 36.4 Å². The molecule has 1 aromatic rings. The van der Waals surface area contributed by atoms with Gasteiger partial charge in [0.25, 0.3) is 0 Å². The van der Waals surface area contributed by atoms with Crippen LogP contribution in [0.5, 0.6) is 11.5 Å². The molecule has 30 heavy (non-hydrogen) atoms. The summed E-state index contributed by atoms with van der Waals surface area (Å²) in [6.07, 6.45) is 2.71. The minimum absolute atomic E-state index is 0. The molecule has 2 N–H and O–H groups in total. The SMILES string of the molecule is COCC1(C(=O)NCC2CCN(c3cc(OC)cc(OC)c3)C2)CCNCC1.Cl.Cl. The second-order valence-electron chi connectivity index (χ2n) is 7.84. The van der Waals surface area contributed by atoms with E-state index in [1.165, 1.54) is 0 Å². The fourth-order valence-corrected chi connectivity index (χ4v) is 4.25. The predicted molar refractivity (Wildman–Crippen MR) is 124 cm³/mol. The highest BCUT2D eigenvalue weighted by Crippen LogP contribution is 2.32. The summed E-state index contributed by atoms with van der Waals surface area (Å²) in [5.41, 5.74) is 0.706. The van der Waals surface area contributed by atoms with Gasteiger partial charge in [-0.25, -0.2) is 0 Å². The van der Waals surface area contributed by atoms with Crippen molar-refractivity contribution in [2.45, 2.75) is 19.3 Å². The number of hydrogen-bond acceptors (Lipinski definition) is 6. The molecule has 1 aromatic carbocycles. The lowest BCUT2D eigenvalue weighted by Crippen LogP contribution is -2.51. The van der Waals surface area contributed by atoms with E-state index in [-0.39, 0.29) is 30.7 Å². The van der Waals surface area contributed by atoms with Crippen LogP contribution in [-0.4, -0.2) is 66.6 Å². The van der Waals surface area contributed by atoms with Crippen molar-refractivity contribution in [3.8, 4) is 11.5 Å². The van der Waals surface area contributed by atoms with E-state index in [0.717, 1.165) is 62.6 Å². The Hall–Kier alpha value is -1.41. The fourth-order valence-electron chi connectivity index (χ4n) is 4.25. The number of carbonyl (C=O) groups is 1. The minimum atomic E-state index is -0.390. The molecule has 7 nitrogen and oxygen atoms in total. The summed E-state index contributed by atoms with van der Waals surface area (Å²) in [4.78, 5) is 15.3. The largest absolute Gasteiger partial charge is 0.497 e. The lowest BCUT2D eigenvalue weighted by Gasteiger charge is -2.35. The number of amides is 1. The quantitative estimate of drug-likeness (QED) is 0.616. The number of nitrogens with one attached hydrogen (secondary N) is 2. The maximum atomic E-state index is 12.9. The van der Waals surface area contributed by atoms with E-state index < -0.39 is 5.41 Å². The lowest BCUT2D eigenvalue weighted by atomic mass is 9.78. The third-order valence-corrected chi connectivity index (χ3v) is 6.00. The van der Waals surface area contributed by atoms with E-state index in [2.05, 4.69) is 15.5 Å². The van der Waals surface area contributed by atoms with E-state index in [9.17, 15) is 4.79 Å². The summed E-state index contributed by atoms with van der Waals surface area (Å²) in [6, 6.07) is 5.95. The first-order chi connectivity index (χ1) is 13.6. The fraction of sp³-hybridized carbons (Fsp3) is 0.667. The van der Waals surface area contributed by atoms with Gasteiger partial charge in [0, 0.05) is 50.6 Å². The van der Waals surface area contributed by atoms with Gasteiger partial charge in [0.05, 0.1) is 26.2 Å². The van der Waals surface area contributed by atoms with Crippen LogP contribution in [0.15, 0.2) is 18.2 Å². The van der Waals surface area contributed by atoms with Gasteiger partial charge < -0.3 is 29.7 Å². The zero-order valence-electron chi connectivity index (χ0n) is 18.1. The second-order valence-corrected chi connectivity index (χ2v) is 7.84. The van der Waals surface area contributed by atoms with E-state index in [4.69, 9.17) is 14.2 Å². The maximum Gasteiger partial charge on any atom is 0.228 e. The normalized spacial score (nSPS) is 20.0. The standard InChI is InChI=1S/C21H33N3O4.2ClH/c1-26-15-21(5-7-22-8-6-21)20(25)23-13-16-4-9-24(14-16)17-10-18(27-2)12-19(11-17)28-3;;/h10-12,16,22H,4-9,13-15H2,1-3H3,(H,23,25);2*1H. The van der Waals surface area contributed by atoms with Crippen LogP contribution in [0.1, 0.15) is 19.3 Å². The Morgan fingerprint density at radius 2 is 1.77 bits per heavy atom. The molecule has 1 unspecified atom stereocenters. The molecule has 2 heterocycles. The second kappa shape index (κ2) is 12.4. The number of ether oxygens (including phenoxy) is 3. The minimum Gasteiger partial charge on any atom is -0.497 e. The van der Waals surface area contributed by atoms with Crippen LogP contribution in [0.25, 0.3) is 0 Å². The monoisotopic (exact) mass is 463 g/mol. The first kappa shape index (κ1) is 26.6. The number of anilines is 1. The van der Waals surface area contributed by atoms with Gasteiger partial charge in [0.1, 0.15) is 11.5 Å². The first-order valence-corrected chi connectivity index (χ1v) is 10.1. The summed E-state index contributed by atoms with van der Waals surface area (Å²) in [6.45, 7) is 4.80. The molecule has 0 radical (unpaired) electrons. The number of halogens is 2. The van der Waals surface area contributed by atoms with E-state index in [0.29, 0.717) is 19.1 Å². The Morgan fingerprint density at radius 3 is 2.33 bits per heavy atom. The average Bonchev–Trinajstić information content (AvgIpc) is 3.21. The molecule has 2 aliphatic heterocycles. The van der Waals surface area contributed by atoms with Crippen LogP contribution < -0.4 is 25.0 Å². The van der Waals surface area contributed by atoms with Crippen molar-refractivity contribution in [2.75, 3.05) is 65.6 Å². The van der Waals surface area contributed by atoms with Crippen molar-refractivity contribution in [1.29, 1.82) is 0 Å². The molecule has 0 bridgehead atoms. The third kappa shape index (κ3) is 6.30. The van der Waals surface area contributed by atoms with Crippen molar-refractivity contribution < 1.29 is 19.0 Å². The molecule has 3 rings (SSSR count). The lowest BCUT2D eigenvalue weighted by molar-refractivity contribution is -0.136. The van der Waals surface area contributed by atoms with Crippen LogP contribution in [0.2, 0.25) is 0 Å². The van der Waals surface area contributed by atoms with Crippen LogP contribution in [0.4, 0.5) is 5.69 Å². The van der Waals surface area contributed by atoms with Gasteiger partial charge in [-0.2, -0.15) is 0 Å². The summed E-state index contributed by atoms with van der Waals surface area (Å²) >= 11 is 0. The van der Waals surface area contributed by atoms with Crippen LogP contribution in [0.3, 0.4) is 0 Å². The Bertz CT molecular complexity index is 644.